The van der Waals surface area contributed by atoms with Gasteiger partial charge in [0.15, 0.2) is 0 Å². The summed E-state index contributed by atoms with van der Waals surface area (Å²) in [5.41, 5.74) is 1.01. The molecule has 0 bridgehead atoms. The number of hydrogen-bond donors (Lipinski definition) is 0. The van der Waals surface area contributed by atoms with Crippen LogP contribution >= 0.6 is 15.9 Å². The predicted molar refractivity (Wildman–Crippen MR) is 81.4 cm³/mol. The van der Waals surface area contributed by atoms with E-state index >= 15 is 0 Å². The Labute approximate surface area is 127 Å². The van der Waals surface area contributed by atoms with Gasteiger partial charge < -0.3 is 0 Å². The van der Waals surface area contributed by atoms with E-state index in [1.807, 2.05) is 28.9 Å². The van der Waals surface area contributed by atoms with E-state index in [0.29, 0.717) is 18.8 Å². The van der Waals surface area contributed by atoms with Gasteiger partial charge in [0.1, 0.15) is 17.9 Å². The predicted octanol–water partition coefficient (Wildman–Crippen LogP) is 3.05. The first-order valence-corrected chi connectivity index (χ1v) is 7.47. The maximum Gasteiger partial charge on any atom is 0.144 e. The molecule has 1 aromatic carbocycles. The molecule has 0 N–H and O–H groups in total. The van der Waals surface area contributed by atoms with Gasteiger partial charge in [-0.25, -0.2) is 9.67 Å². The van der Waals surface area contributed by atoms with Crippen LogP contribution in [0.3, 0.4) is 0 Å². The Morgan fingerprint density at radius 3 is 2.75 bits per heavy atom. The number of aromatic nitrogens is 3. The fraction of sp³-hybridized carbons (Fsp3) is 0.400. The van der Waals surface area contributed by atoms with Gasteiger partial charge in [-0.1, -0.05) is 48.0 Å². The Bertz CT molecular complexity index is 592. The molecule has 0 saturated heterocycles. The highest BCUT2D eigenvalue weighted by Gasteiger charge is 2.12. The molecule has 0 atom stereocenters. The van der Waals surface area contributed by atoms with Crippen molar-refractivity contribution in [3.63, 3.8) is 0 Å². The summed E-state index contributed by atoms with van der Waals surface area (Å²) < 4.78 is 2.79. The number of carbonyl (C=O) groups is 1. The van der Waals surface area contributed by atoms with Crippen LogP contribution in [0.15, 0.2) is 35.1 Å². The SMILES string of the molecule is CC(C)Cn1ncnc1CC(=O)Cc1ccccc1Br. The van der Waals surface area contributed by atoms with Crippen LogP contribution in [0.2, 0.25) is 0 Å². The molecular formula is C15H18BrN3O. The molecule has 0 aliphatic carbocycles. The normalized spacial score (nSPS) is 11.0. The highest BCUT2D eigenvalue weighted by Crippen LogP contribution is 2.17. The lowest BCUT2D eigenvalue weighted by atomic mass is 10.1. The molecule has 2 aromatic rings. The number of Topliss-reactive ketones (excluding diaryl/α,β-unsaturated/α-hetero) is 1. The van der Waals surface area contributed by atoms with Crippen LogP contribution in [0.1, 0.15) is 25.2 Å². The number of halogens is 1. The molecule has 0 saturated carbocycles. The molecule has 106 valence electrons. The van der Waals surface area contributed by atoms with Crippen LogP contribution in [0.25, 0.3) is 0 Å². The number of nitrogens with zero attached hydrogens (tertiary/aromatic N) is 3. The van der Waals surface area contributed by atoms with Crippen LogP contribution in [0.5, 0.6) is 0 Å². The van der Waals surface area contributed by atoms with E-state index in [4.69, 9.17) is 0 Å². The molecule has 1 heterocycles. The van der Waals surface area contributed by atoms with Gasteiger partial charge in [-0.2, -0.15) is 5.10 Å². The zero-order chi connectivity index (χ0) is 14.5. The largest absolute Gasteiger partial charge is 0.299 e. The fourth-order valence-corrected chi connectivity index (χ4v) is 2.44. The van der Waals surface area contributed by atoms with Crippen molar-refractivity contribution in [2.75, 3.05) is 0 Å². The number of rotatable bonds is 6. The lowest BCUT2D eigenvalue weighted by Crippen LogP contribution is -2.15. The molecule has 0 aliphatic heterocycles. The zero-order valence-electron chi connectivity index (χ0n) is 11.7. The monoisotopic (exact) mass is 335 g/mol. The molecule has 20 heavy (non-hydrogen) atoms. The van der Waals surface area contributed by atoms with E-state index in [1.54, 1.807) is 0 Å². The molecule has 0 aliphatic rings. The van der Waals surface area contributed by atoms with Crippen molar-refractivity contribution < 1.29 is 4.79 Å². The van der Waals surface area contributed by atoms with Crippen molar-refractivity contribution >= 4 is 21.7 Å². The van der Waals surface area contributed by atoms with Crippen molar-refractivity contribution in [2.45, 2.75) is 33.2 Å². The Morgan fingerprint density at radius 2 is 2.05 bits per heavy atom. The van der Waals surface area contributed by atoms with Crippen LogP contribution < -0.4 is 0 Å². The van der Waals surface area contributed by atoms with Gasteiger partial charge in [0, 0.05) is 17.4 Å². The second kappa shape index (κ2) is 6.79. The second-order valence-corrected chi connectivity index (χ2v) is 6.09. The van der Waals surface area contributed by atoms with E-state index in [2.05, 4.69) is 39.9 Å². The summed E-state index contributed by atoms with van der Waals surface area (Å²) in [6.07, 6.45) is 2.26. The summed E-state index contributed by atoms with van der Waals surface area (Å²) in [5, 5.41) is 4.18. The topological polar surface area (TPSA) is 47.8 Å². The highest BCUT2D eigenvalue weighted by atomic mass is 79.9. The third kappa shape index (κ3) is 4.00. The van der Waals surface area contributed by atoms with Crippen LogP contribution in [-0.4, -0.2) is 20.5 Å². The molecule has 4 nitrogen and oxygen atoms in total. The average molecular weight is 336 g/mol. The zero-order valence-corrected chi connectivity index (χ0v) is 13.3. The smallest absolute Gasteiger partial charge is 0.144 e. The van der Waals surface area contributed by atoms with E-state index in [9.17, 15) is 4.79 Å². The first-order chi connectivity index (χ1) is 9.56. The summed E-state index contributed by atoms with van der Waals surface area (Å²) in [4.78, 5) is 16.4. The van der Waals surface area contributed by atoms with Crippen LogP contribution in [-0.2, 0) is 24.2 Å². The Balaban J connectivity index is 2.02. The molecular weight excluding hydrogens is 318 g/mol. The van der Waals surface area contributed by atoms with Gasteiger partial charge in [-0.15, -0.1) is 0 Å². The maximum atomic E-state index is 12.2. The molecule has 0 spiro atoms. The highest BCUT2D eigenvalue weighted by molar-refractivity contribution is 9.10. The summed E-state index contributed by atoms with van der Waals surface area (Å²) in [6.45, 7) is 5.03. The van der Waals surface area contributed by atoms with Crippen LogP contribution in [0.4, 0.5) is 0 Å². The summed E-state index contributed by atoms with van der Waals surface area (Å²) in [6, 6.07) is 7.79. The summed E-state index contributed by atoms with van der Waals surface area (Å²) in [5.74, 6) is 1.37. The van der Waals surface area contributed by atoms with E-state index < -0.39 is 0 Å². The lowest BCUT2D eigenvalue weighted by molar-refractivity contribution is -0.118. The van der Waals surface area contributed by atoms with Gasteiger partial charge in [-0.3, -0.25) is 4.79 Å². The van der Waals surface area contributed by atoms with Crippen molar-refractivity contribution in [3.8, 4) is 0 Å². The molecule has 0 radical (unpaired) electrons. The Kier molecular flexibility index (Phi) is 5.06. The third-order valence-corrected chi connectivity index (χ3v) is 3.71. The van der Waals surface area contributed by atoms with E-state index in [0.717, 1.165) is 22.4 Å². The second-order valence-electron chi connectivity index (χ2n) is 5.24. The molecule has 0 fully saturated rings. The minimum absolute atomic E-state index is 0.148. The van der Waals surface area contributed by atoms with Crippen molar-refractivity contribution in [2.24, 2.45) is 5.92 Å². The quantitative estimate of drug-likeness (QED) is 0.815. The molecule has 0 unspecified atom stereocenters. The number of carbonyl (C=O) groups excluding carboxylic acids is 1. The first kappa shape index (κ1) is 14.9. The minimum atomic E-state index is 0.148. The van der Waals surface area contributed by atoms with E-state index in [1.165, 1.54) is 6.33 Å². The molecule has 0 amide bonds. The Hall–Kier alpha value is -1.49. The fourth-order valence-electron chi connectivity index (χ4n) is 2.02. The summed E-state index contributed by atoms with van der Waals surface area (Å²) >= 11 is 3.46. The molecule has 1 aromatic heterocycles. The molecule has 2 rings (SSSR count). The number of hydrogen-bond acceptors (Lipinski definition) is 3. The van der Waals surface area contributed by atoms with Gasteiger partial charge in [0.05, 0.1) is 6.42 Å². The van der Waals surface area contributed by atoms with Gasteiger partial charge >= 0.3 is 0 Å². The number of benzene rings is 1. The van der Waals surface area contributed by atoms with Gasteiger partial charge in [-0.05, 0) is 17.5 Å². The standard InChI is InChI=1S/C15H18BrN3O/c1-11(2)9-19-15(17-10-18-19)8-13(20)7-12-5-3-4-6-14(12)16/h3-6,10-11H,7-9H2,1-2H3. The minimum Gasteiger partial charge on any atom is -0.299 e. The third-order valence-electron chi connectivity index (χ3n) is 2.93. The van der Waals surface area contributed by atoms with Gasteiger partial charge in [0.25, 0.3) is 0 Å². The molecule has 5 heteroatoms. The van der Waals surface area contributed by atoms with Crippen molar-refractivity contribution in [1.82, 2.24) is 14.8 Å². The average Bonchev–Trinajstić information content (AvgIpc) is 2.78. The van der Waals surface area contributed by atoms with Gasteiger partial charge in [0.2, 0.25) is 0 Å². The summed E-state index contributed by atoms with van der Waals surface area (Å²) in [7, 11) is 0. The van der Waals surface area contributed by atoms with Crippen LogP contribution in [0, 0.1) is 5.92 Å². The van der Waals surface area contributed by atoms with Crippen molar-refractivity contribution in [3.05, 3.63) is 46.5 Å². The first-order valence-electron chi connectivity index (χ1n) is 6.68. The van der Waals surface area contributed by atoms with E-state index in [-0.39, 0.29) is 5.78 Å². The maximum absolute atomic E-state index is 12.2. The number of ketones is 1. The Morgan fingerprint density at radius 1 is 1.30 bits per heavy atom. The lowest BCUT2D eigenvalue weighted by Gasteiger charge is -2.08. The van der Waals surface area contributed by atoms with Crippen molar-refractivity contribution in [1.29, 1.82) is 0 Å².